The Hall–Kier alpha value is -1.10. The molecule has 0 radical (unpaired) electrons. The molecule has 0 aromatic rings. The van der Waals surface area contributed by atoms with Gasteiger partial charge in [-0.15, -0.1) is 0 Å². The highest BCUT2D eigenvalue weighted by Crippen LogP contribution is 2.37. The van der Waals surface area contributed by atoms with Crippen molar-refractivity contribution in [1.82, 2.24) is 10.6 Å². The zero-order valence-corrected chi connectivity index (χ0v) is 12.1. The Morgan fingerprint density at radius 2 is 1.95 bits per heavy atom. The first-order chi connectivity index (χ1) is 9.62. The summed E-state index contributed by atoms with van der Waals surface area (Å²) in [7, 11) is 0. The predicted octanol–water partition coefficient (Wildman–Crippen LogP) is 1.67. The smallest absolute Gasteiger partial charge is 0.311 e. The summed E-state index contributed by atoms with van der Waals surface area (Å²) in [6, 6.07) is 0.453. The molecule has 2 fully saturated rings. The van der Waals surface area contributed by atoms with Crippen LogP contribution in [-0.4, -0.2) is 36.1 Å². The molecule has 0 aromatic heterocycles. The van der Waals surface area contributed by atoms with Crippen LogP contribution in [0.4, 0.5) is 0 Å². The molecular weight excluding hydrogens is 256 g/mol. The lowest BCUT2D eigenvalue weighted by Crippen LogP contribution is -2.42. The molecule has 1 aliphatic carbocycles. The van der Waals surface area contributed by atoms with Crippen LogP contribution in [0.3, 0.4) is 0 Å². The lowest BCUT2D eigenvalue weighted by Gasteiger charge is -2.25. The Kier molecular flexibility index (Phi) is 5.40. The molecule has 0 spiro atoms. The maximum Gasteiger partial charge on any atom is 0.311 e. The Balaban J connectivity index is 1.70. The lowest BCUT2D eigenvalue weighted by atomic mass is 9.86. The third-order valence-corrected chi connectivity index (χ3v) is 4.77. The summed E-state index contributed by atoms with van der Waals surface area (Å²) in [5.41, 5.74) is -0.710. The molecule has 20 heavy (non-hydrogen) atoms. The van der Waals surface area contributed by atoms with Crippen molar-refractivity contribution in [2.45, 2.75) is 63.8 Å². The van der Waals surface area contributed by atoms with Gasteiger partial charge in [0.05, 0.1) is 5.41 Å². The maximum absolute atomic E-state index is 11.9. The number of carboxylic acids is 1. The highest BCUT2D eigenvalue weighted by molar-refractivity contribution is 5.79. The van der Waals surface area contributed by atoms with Gasteiger partial charge >= 0.3 is 5.97 Å². The summed E-state index contributed by atoms with van der Waals surface area (Å²) in [5.74, 6) is -0.769. The minimum absolute atomic E-state index is 0.00935. The molecule has 1 aliphatic heterocycles. The van der Waals surface area contributed by atoms with Crippen LogP contribution in [-0.2, 0) is 9.59 Å². The average Bonchev–Trinajstić information content (AvgIpc) is 2.94. The third-order valence-electron chi connectivity index (χ3n) is 4.77. The summed E-state index contributed by atoms with van der Waals surface area (Å²) in [5, 5.41) is 15.6. The van der Waals surface area contributed by atoms with Crippen LogP contribution in [0, 0.1) is 5.41 Å². The summed E-state index contributed by atoms with van der Waals surface area (Å²) >= 11 is 0. The first-order valence-electron chi connectivity index (χ1n) is 7.86. The van der Waals surface area contributed by atoms with Gasteiger partial charge in [-0.25, -0.2) is 0 Å². The van der Waals surface area contributed by atoms with E-state index < -0.39 is 11.4 Å². The second kappa shape index (κ2) is 7.07. The Labute approximate surface area is 120 Å². The van der Waals surface area contributed by atoms with Crippen LogP contribution in [0.25, 0.3) is 0 Å². The number of aliphatic carboxylic acids is 1. The topological polar surface area (TPSA) is 78.4 Å². The standard InChI is InChI=1S/C15H26N2O3/c18-13(7-6-12-5-1-4-10-16-12)17-11-15(14(19)20)8-2-3-9-15/h12,16H,1-11H2,(H,17,18)(H,19,20). The van der Waals surface area contributed by atoms with Crippen LogP contribution in [0.2, 0.25) is 0 Å². The van der Waals surface area contributed by atoms with E-state index in [2.05, 4.69) is 10.6 Å². The van der Waals surface area contributed by atoms with Gasteiger partial charge < -0.3 is 15.7 Å². The van der Waals surface area contributed by atoms with Crippen LogP contribution in [0.5, 0.6) is 0 Å². The Morgan fingerprint density at radius 1 is 1.20 bits per heavy atom. The highest BCUT2D eigenvalue weighted by atomic mass is 16.4. The van der Waals surface area contributed by atoms with Crippen molar-refractivity contribution in [2.24, 2.45) is 5.41 Å². The van der Waals surface area contributed by atoms with Gasteiger partial charge in [0.1, 0.15) is 0 Å². The quantitative estimate of drug-likeness (QED) is 0.692. The Morgan fingerprint density at radius 3 is 2.55 bits per heavy atom. The van der Waals surface area contributed by atoms with Gasteiger partial charge in [0.2, 0.25) is 5.91 Å². The van der Waals surface area contributed by atoms with Crippen molar-refractivity contribution in [1.29, 1.82) is 0 Å². The Bertz CT molecular complexity index is 345. The fourth-order valence-electron chi connectivity index (χ4n) is 3.35. The van der Waals surface area contributed by atoms with E-state index in [0.29, 0.717) is 31.8 Å². The molecule has 1 atom stereocenters. The highest BCUT2D eigenvalue weighted by Gasteiger charge is 2.41. The largest absolute Gasteiger partial charge is 0.481 e. The molecule has 5 heteroatoms. The molecule has 2 aliphatic rings. The summed E-state index contributed by atoms with van der Waals surface area (Å²) < 4.78 is 0. The van der Waals surface area contributed by atoms with Gasteiger partial charge in [0.15, 0.2) is 0 Å². The van der Waals surface area contributed by atoms with Gasteiger partial charge in [0, 0.05) is 19.0 Å². The minimum Gasteiger partial charge on any atom is -0.481 e. The van der Waals surface area contributed by atoms with Crippen LogP contribution in [0.15, 0.2) is 0 Å². The fourth-order valence-corrected chi connectivity index (χ4v) is 3.35. The second-order valence-corrected chi connectivity index (χ2v) is 6.25. The van der Waals surface area contributed by atoms with Gasteiger partial charge in [-0.05, 0) is 38.6 Å². The van der Waals surface area contributed by atoms with E-state index in [9.17, 15) is 14.7 Å². The number of carbonyl (C=O) groups is 2. The van der Waals surface area contributed by atoms with Gasteiger partial charge in [-0.1, -0.05) is 19.3 Å². The van der Waals surface area contributed by atoms with E-state index in [1.165, 1.54) is 12.8 Å². The molecule has 3 N–H and O–H groups in total. The molecule has 1 saturated heterocycles. The van der Waals surface area contributed by atoms with Gasteiger partial charge in [-0.2, -0.15) is 0 Å². The molecule has 1 saturated carbocycles. The monoisotopic (exact) mass is 282 g/mol. The van der Waals surface area contributed by atoms with Crippen molar-refractivity contribution in [3.05, 3.63) is 0 Å². The summed E-state index contributed by atoms with van der Waals surface area (Å²) in [6.45, 7) is 1.34. The number of carbonyl (C=O) groups excluding carboxylic acids is 1. The fraction of sp³-hybridized carbons (Fsp3) is 0.867. The zero-order valence-electron chi connectivity index (χ0n) is 12.1. The van der Waals surface area contributed by atoms with Crippen molar-refractivity contribution in [3.8, 4) is 0 Å². The number of hydrogen-bond donors (Lipinski definition) is 3. The first-order valence-corrected chi connectivity index (χ1v) is 7.86. The molecule has 5 nitrogen and oxygen atoms in total. The second-order valence-electron chi connectivity index (χ2n) is 6.25. The summed E-state index contributed by atoms with van der Waals surface area (Å²) in [6.07, 6.45) is 8.23. The zero-order chi connectivity index (χ0) is 14.4. The van der Waals surface area contributed by atoms with Crippen molar-refractivity contribution in [2.75, 3.05) is 13.1 Å². The maximum atomic E-state index is 11.9. The average molecular weight is 282 g/mol. The minimum atomic E-state index is -0.760. The predicted molar refractivity (Wildman–Crippen MR) is 76.4 cm³/mol. The van der Waals surface area contributed by atoms with E-state index in [1.807, 2.05) is 0 Å². The normalized spacial score (nSPS) is 25.3. The number of nitrogens with one attached hydrogen (secondary N) is 2. The van der Waals surface area contributed by atoms with Gasteiger partial charge in [-0.3, -0.25) is 9.59 Å². The third kappa shape index (κ3) is 3.95. The van der Waals surface area contributed by atoms with E-state index >= 15 is 0 Å². The van der Waals surface area contributed by atoms with E-state index in [4.69, 9.17) is 0 Å². The van der Waals surface area contributed by atoms with Crippen molar-refractivity contribution >= 4 is 11.9 Å². The van der Waals surface area contributed by atoms with E-state index in [0.717, 1.165) is 32.2 Å². The molecule has 1 unspecified atom stereocenters. The van der Waals surface area contributed by atoms with Gasteiger partial charge in [0.25, 0.3) is 0 Å². The SMILES string of the molecule is O=C(CCC1CCCCN1)NCC1(C(=O)O)CCCC1. The van der Waals surface area contributed by atoms with Crippen LogP contribution < -0.4 is 10.6 Å². The number of amides is 1. The molecule has 1 heterocycles. The van der Waals surface area contributed by atoms with Crippen molar-refractivity contribution in [3.63, 3.8) is 0 Å². The molecule has 114 valence electrons. The number of piperidine rings is 1. The molecular formula is C15H26N2O3. The number of rotatable bonds is 6. The molecule has 0 aromatic carbocycles. The van der Waals surface area contributed by atoms with Crippen LogP contribution in [0.1, 0.15) is 57.8 Å². The lowest BCUT2D eigenvalue weighted by molar-refractivity contribution is -0.148. The number of carboxylic acid groups (broad SMARTS) is 1. The van der Waals surface area contributed by atoms with E-state index in [-0.39, 0.29) is 5.91 Å². The van der Waals surface area contributed by atoms with E-state index in [1.54, 1.807) is 0 Å². The number of hydrogen-bond acceptors (Lipinski definition) is 3. The molecule has 2 rings (SSSR count). The first kappa shape index (κ1) is 15.3. The molecule has 0 bridgehead atoms. The van der Waals surface area contributed by atoms with Crippen LogP contribution >= 0.6 is 0 Å². The van der Waals surface area contributed by atoms with Crippen molar-refractivity contribution < 1.29 is 14.7 Å². The molecule has 1 amide bonds. The summed E-state index contributed by atoms with van der Waals surface area (Å²) in [4.78, 5) is 23.3.